The van der Waals surface area contributed by atoms with Crippen LogP contribution in [0.15, 0.2) is 91.0 Å². The predicted octanol–water partition coefficient (Wildman–Crippen LogP) is 5.98. The molecule has 122 valence electrons. The maximum Gasteiger partial charge on any atom is 0.0510 e. The van der Waals surface area contributed by atoms with Gasteiger partial charge in [0.1, 0.15) is 0 Å². The number of fused-ring (bicyclic) bond motifs is 7. The van der Waals surface area contributed by atoms with E-state index in [-0.39, 0.29) is 5.41 Å². The Morgan fingerprint density at radius 3 is 1.81 bits per heavy atom. The third-order valence-corrected chi connectivity index (χ3v) is 5.74. The zero-order chi connectivity index (χ0) is 17.6. The first-order valence-corrected chi connectivity index (χ1v) is 8.97. The standard InChI is InChI=1S/C26H18/c1-2-3-4-11-19-18-26(23-15-8-5-12-20(19)23)24-16-9-6-13-21(24)22-14-7-10-17-25(22)26/h1,3-17H,18H2/b4-3-,19-11+. The summed E-state index contributed by atoms with van der Waals surface area (Å²) in [6.07, 6.45) is 12.3. The summed E-state index contributed by atoms with van der Waals surface area (Å²) in [7, 11) is 0. The van der Waals surface area contributed by atoms with E-state index in [0.29, 0.717) is 0 Å². The Morgan fingerprint density at radius 1 is 0.731 bits per heavy atom. The van der Waals surface area contributed by atoms with Gasteiger partial charge in [-0.2, -0.15) is 0 Å². The lowest BCUT2D eigenvalue weighted by Crippen LogP contribution is -2.23. The molecule has 0 unspecified atom stereocenters. The van der Waals surface area contributed by atoms with Crippen molar-refractivity contribution < 1.29 is 0 Å². The van der Waals surface area contributed by atoms with E-state index < -0.39 is 0 Å². The Labute approximate surface area is 154 Å². The summed E-state index contributed by atoms with van der Waals surface area (Å²) in [6, 6.07) is 26.5. The molecule has 3 aromatic rings. The van der Waals surface area contributed by atoms with Crippen molar-refractivity contribution in [2.24, 2.45) is 0 Å². The SMILES string of the molecule is C#C/C=C\C=C1/CC2(c3ccccc31)c1ccccc1-c1ccccc12. The van der Waals surface area contributed by atoms with Crippen molar-refractivity contribution in [2.45, 2.75) is 11.8 Å². The van der Waals surface area contributed by atoms with Crippen molar-refractivity contribution in [1.29, 1.82) is 0 Å². The fraction of sp³-hybridized carbons (Fsp3) is 0.0769. The maximum atomic E-state index is 5.38. The van der Waals surface area contributed by atoms with Crippen LogP contribution in [-0.4, -0.2) is 0 Å². The van der Waals surface area contributed by atoms with Gasteiger partial charge in [-0.3, -0.25) is 0 Å². The molecule has 0 atom stereocenters. The van der Waals surface area contributed by atoms with Crippen LogP contribution >= 0.6 is 0 Å². The number of rotatable bonds is 1. The molecule has 0 N–H and O–H groups in total. The lowest BCUT2D eigenvalue weighted by atomic mass is 9.73. The molecule has 3 aromatic carbocycles. The fourth-order valence-corrected chi connectivity index (χ4v) is 4.79. The Hall–Kier alpha value is -3.30. The second kappa shape index (κ2) is 5.61. The summed E-state index contributed by atoms with van der Waals surface area (Å²) in [6.45, 7) is 0. The van der Waals surface area contributed by atoms with Gasteiger partial charge in [0.15, 0.2) is 0 Å². The third-order valence-electron chi connectivity index (χ3n) is 5.74. The molecule has 0 bridgehead atoms. The van der Waals surface area contributed by atoms with Crippen LogP contribution in [0.3, 0.4) is 0 Å². The molecule has 0 fully saturated rings. The zero-order valence-electron chi connectivity index (χ0n) is 14.4. The first-order chi connectivity index (χ1) is 12.9. The highest BCUT2D eigenvalue weighted by Gasteiger charge is 2.49. The van der Waals surface area contributed by atoms with Gasteiger partial charge < -0.3 is 0 Å². The minimum Gasteiger partial charge on any atom is -0.115 e. The van der Waals surface area contributed by atoms with Gasteiger partial charge >= 0.3 is 0 Å². The number of terminal acetylenes is 1. The van der Waals surface area contributed by atoms with Crippen molar-refractivity contribution in [1.82, 2.24) is 0 Å². The van der Waals surface area contributed by atoms with Gasteiger partial charge in [-0.1, -0.05) is 90.9 Å². The molecule has 0 heteroatoms. The second-order valence-corrected chi connectivity index (χ2v) is 6.94. The van der Waals surface area contributed by atoms with E-state index in [1.165, 1.54) is 39.0 Å². The van der Waals surface area contributed by atoms with Gasteiger partial charge in [-0.05, 0) is 51.5 Å². The molecule has 2 aliphatic carbocycles. The zero-order valence-corrected chi connectivity index (χ0v) is 14.4. The van der Waals surface area contributed by atoms with Crippen LogP contribution in [0.25, 0.3) is 16.7 Å². The van der Waals surface area contributed by atoms with Crippen molar-refractivity contribution in [3.8, 4) is 23.5 Å². The largest absolute Gasteiger partial charge is 0.115 e. The van der Waals surface area contributed by atoms with Gasteiger partial charge in [-0.15, -0.1) is 6.42 Å². The molecular formula is C26H18. The number of hydrogen-bond donors (Lipinski definition) is 0. The summed E-state index contributed by atoms with van der Waals surface area (Å²) in [5.41, 5.74) is 9.53. The molecular weight excluding hydrogens is 312 g/mol. The topological polar surface area (TPSA) is 0 Å². The van der Waals surface area contributed by atoms with Crippen LogP contribution in [-0.2, 0) is 5.41 Å². The highest BCUT2D eigenvalue weighted by molar-refractivity contribution is 5.90. The van der Waals surface area contributed by atoms with Crippen LogP contribution in [0.4, 0.5) is 0 Å². The Morgan fingerprint density at radius 2 is 1.23 bits per heavy atom. The van der Waals surface area contributed by atoms with Crippen LogP contribution in [0.1, 0.15) is 28.7 Å². The average Bonchev–Trinajstić information content (AvgIpc) is 3.18. The quantitative estimate of drug-likeness (QED) is 0.482. The van der Waals surface area contributed by atoms with Gasteiger partial charge in [-0.25, -0.2) is 0 Å². The van der Waals surface area contributed by atoms with Crippen molar-refractivity contribution in [3.05, 3.63) is 113 Å². The Kier molecular flexibility index (Phi) is 3.24. The van der Waals surface area contributed by atoms with Crippen LogP contribution in [0, 0.1) is 12.3 Å². The molecule has 0 amide bonds. The summed E-state index contributed by atoms with van der Waals surface area (Å²) in [5, 5.41) is 0. The molecule has 0 saturated heterocycles. The smallest absolute Gasteiger partial charge is 0.0510 e. The van der Waals surface area contributed by atoms with Crippen LogP contribution < -0.4 is 0 Å². The van der Waals surface area contributed by atoms with Crippen molar-refractivity contribution in [3.63, 3.8) is 0 Å². The Balaban J connectivity index is 1.84. The molecule has 0 aromatic heterocycles. The lowest BCUT2D eigenvalue weighted by molar-refractivity contribution is 0.681. The first kappa shape index (κ1) is 15.0. The molecule has 0 saturated carbocycles. The van der Waals surface area contributed by atoms with Gasteiger partial charge in [0.25, 0.3) is 0 Å². The fourth-order valence-electron chi connectivity index (χ4n) is 4.79. The molecule has 0 radical (unpaired) electrons. The Bertz CT molecular complexity index is 1070. The first-order valence-electron chi connectivity index (χ1n) is 8.97. The molecule has 0 nitrogen and oxygen atoms in total. The molecule has 26 heavy (non-hydrogen) atoms. The number of allylic oxidation sites excluding steroid dienone is 4. The van der Waals surface area contributed by atoms with E-state index in [4.69, 9.17) is 6.42 Å². The number of hydrogen-bond acceptors (Lipinski definition) is 0. The van der Waals surface area contributed by atoms with Crippen LogP contribution in [0.5, 0.6) is 0 Å². The second-order valence-electron chi connectivity index (χ2n) is 6.94. The summed E-state index contributed by atoms with van der Waals surface area (Å²) >= 11 is 0. The predicted molar refractivity (Wildman–Crippen MR) is 109 cm³/mol. The van der Waals surface area contributed by atoms with Crippen molar-refractivity contribution in [2.75, 3.05) is 0 Å². The molecule has 0 heterocycles. The average molecular weight is 330 g/mol. The summed E-state index contributed by atoms with van der Waals surface area (Å²) in [4.78, 5) is 0. The third kappa shape index (κ3) is 1.86. The van der Waals surface area contributed by atoms with E-state index in [2.05, 4.69) is 84.8 Å². The van der Waals surface area contributed by atoms with Crippen LogP contribution in [0.2, 0.25) is 0 Å². The van der Waals surface area contributed by atoms with E-state index in [9.17, 15) is 0 Å². The molecule has 0 aliphatic heterocycles. The van der Waals surface area contributed by atoms with E-state index in [1.807, 2.05) is 6.08 Å². The van der Waals surface area contributed by atoms with Gasteiger partial charge in [0.2, 0.25) is 0 Å². The van der Waals surface area contributed by atoms with E-state index in [0.717, 1.165) is 6.42 Å². The highest BCUT2D eigenvalue weighted by Crippen LogP contribution is 2.60. The van der Waals surface area contributed by atoms with Gasteiger partial charge in [0, 0.05) is 0 Å². The highest BCUT2D eigenvalue weighted by atomic mass is 14.5. The summed E-state index contributed by atoms with van der Waals surface area (Å²) in [5.74, 6) is 2.58. The van der Waals surface area contributed by atoms with Crippen molar-refractivity contribution >= 4 is 5.57 Å². The molecule has 2 aliphatic rings. The molecule has 1 spiro atoms. The monoisotopic (exact) mass is 330 g/mol. The maximum absolute atomic E-state index is 5.38. The van der Waals surface area contributed by atoms with Gasteiger partial charge in [0.05, 0.1) is 5.41 Å². The van der Waals surface area contributed by atoms with E-state index in [1.54, 1.807) is 6.08 Å². The lowest BCUT2D eigenvalue weighted by Gasteiger charge is -2.28. The minimum absolute atomic E-state index is 0.0976. The minimum atomic E-state index is -0.0976. The number of benzene rings is 3. The van der Waals surface area contributed by atoms with E-state index >= 15 is 0 Å². The summed E-state index contributed by atoms with van der Waals surface area (Å²) < 4.78 is 0. The molecule has 5 rings (SSSR count). The normalized spacial score (nSPS) is 17.3.